The molecule has 0 unspecified atom stereocenters. The predicted octanol–water partition coefficient (Wildman–Crippen LogP) is 2.86. The summed E-state index contributed by atoms with van der Waals surface area (Å²) in [5, 5.41) is 0. The first-order chi connectivity index (χ1) is 7.88. The van der Waals surface area contributed by atoms with Gasteiger partial charge in [-0.1, -0.05) is 6.92 Å². The van der Waals surface area contributed by atoms with Crippen LogP contribution in [0.5, 0.6) is 0 Å². The quantitative estimate of drug-likeness (QED) is 0.750. The zero-order valence-electron chi connectivity index (χ0n) is 10.6. The largest absolute Gasteiger partial charge is 0.295 e. The summed E-state index contributed by atoms with van der Waals surface area (Å²) in [6.45, 7) is 6.21. The van der Waals surface area contributed by atoms with Crippen molar-refractivity contribution in [3.63, 3.8) is 0 Å². The average molecular weight is 232 g/mol. The van der Waals surface area contributed by atoms with E-state index in [1.54, 1.807) is 12.1 Å². The second-order valence-electron chi connectivity index (χ2n) is 4.08. The molecule has 1 aromatic rings. The van der Waals surface area contributed by atoms with Crippen molar-refractivity contribution in [1.29, 1.82) is 0 Å². The minimum absolute atomic E-state index is 0.0838. The molecule has 1 aromatic carbocycles. The van der Waals surface area contributed by atoms with Crippen molar-refractivity contribution >= 4 is 17.3 Å². The highest BCUT2D eigenvalue weighted by Gasteiger charge is 2.16. The first-order valence-corrected chi connectivity index (χ1v) is 5.58. The molecule has 1 rings (SSSR count). The van der Waals surface area contributed by atoms with Gasteiger partial charge in [-0.2, -0.15) is 0 Å². The smallest absolute Gasteiger partial charge is 0.160 e. The van der Waals surface area contributed by atoms with E-state index in [-0.39, 0.29) is 17.3 Å². The molecule has 0 atom stereocenters. The number of carbonyl (C=O) groups excluding carboxylic acids is 3. The van der Waals surface area contributed by atoms with E-state index in [0.717, 1.165) is 5.56 Å². The topological polar surface area (TPSA) is 51.2 Å². The molecule has 90 valence electrons. The van der Waals surface area contributed by atoms with Gasteiger partial charge < -0.3 is 0 Å². The number of rotatable bonds is 4. The van der Waals surface area contributed by atoms with Gasteiger partial charge in [-0.25, -0.2) is 0 Å². The lowest BCUT2D eigenvalue weighted by Crippen LogP contribution is -2.09. The summed E-state index contributed by atoms with van der Waals surface area (Å²) in [4.78, 5) is 34.4. The van der Waals surface area contributed by atoms with Crippen molar-refractivity contribution in [3.8, 4) is 0 Å². The normalized spacial score (nSPS) is 10.1. The third-order valence-electron chi connectivity index (χ3n) is 2.76. The number of Topliss-reactive ketones (excluding diaryl/α,β-unsaturated/α-hetero) is 3. The van der Waals surface area contributed by atoms with Crippen LogP contribution in [0.15, 0.2) is 12.1 Å². The molecule has 3 nitrogen and oxygen atoms in total. The minimum Gasteiger partial charge on any atom is -0.295 e. The Morgan fingerprint density at radius 3 is 1.59 bits per heavy atom. The van der Waals surface area contributed by atoms with E-state index in [2.05, 4.69) is 0 Å². The number of ketones is 3. The Morgan fingerprint density at radius 2 is 1.24 bits per heavy atom. The van der Waals surface area contributed by atoms with E-state index in [4.69, 9.17) is 0 Å². The zero-order chi connectivity index (χ0) is 13.2. The van der Waals surface area contributed by atoms with Crippen molar-refractivity contribution in [2.24, 2.45) is 0 Å². The second kappa shape index (κ2) is 5.04. The standard InChI is InChI=1S/C14H16O3/c1-5-11-6-13(9(3)16)14(10(4)17)7-12(11)8(2)15/h6-7H,5H2,1-4H3. The molecular formula is C14H16O3. The molecule has 0 saturated carbocycles. The second-order valence-corrected chi connectivity index (χ2v) is 4.08. The Bertz CT molecular complexity index is 498. The molecule has 0 fully saturated rings. The lowest BCUT2D eigenvalue weighted by Gasteiger charge is -2.10. The molecule has 17 heavy (non-hydrogen) atoms. The summed E-state index contributed by atoms with van der Waals surface area (Å²) in [5.74, 6) is -0.431. The maximum Gasteiger partial charge on any atom is 0.160 e. The van der Waals surface area contributed by atoms with Gasteiger partial charge in [-0.05, 0) is 44.9 Å². The first kappa shape index (κ1) is 13.3. The minimum atomic E-state index is -0.194. The zero-order valence-corrected chi connectivity index (χ0v) is 10.6. The fourth-order valence-electron chi connectivity index (χ4n) is 1.85. The van der Waals surface area contributed by atoms with Crippen molar-refractivity contribution in [2.75, 3.05) is 0 Å². The van der Waals surface area contributed by atoms with Crippen LogP contribution in [0.4, 0.5) is 0 Å². The summed E-state index contributed by atoms with van der Waals surface area (Å²) < 4.78 is 0. The van der Waals surface area contributed by atoms with Crippen LogP contribution < -0.4 is 0 Å². The molecule has 0 aromatic heterocycles. The van der Waals surface area contributed by atoms with E-state index in [1.165, 1.54) is 20.8 Å². The van der Waals surface area contributed by atoms with Gasteiger partial charge in [0, 0.05) is 16.7 Å². The fourth-order valence-corrected chi connectivity index (χ4v) is 1.85. The summed E-state index contributed by atoms with van der Waals surface area (Å²) in [6.07, 6.45) is 0.660. The summed E-state index contributed by atoms with van der Waals surface area (Å²) in [7, 11) is 0. The van der Waals surface area contributed by atoms with Crippen LogP contribution in [0.3, 0.4) is 0 Å². The maximum absolute atomic E-state index is 11.5. The Hall–Kier alpha value is -1.77. The van der Waals surface area contributed by atoms with Crippen LogP contribution in [0.25, 0.3) is 0 Å². The average Bonchev–Trinajstić information content (AvgIpc) is 2.26. The van der Waals surface area contributed by atoms with E-state index in [0.29, 0.717) is 23.1 Å². The molecule has 0 aliphatic heterocycles. The molecule has 0 saturated heterocycles. The third-order valence-corrected chi connectivity index (χ3v) is 2.76. The van der Waals surface area contributed by atoms with Gasteiger partial charge in [-0.3, -0.25) is 14.4 Å². The summed E-state index contributed by atoms with van der Waals surface area (Å²) >= 11 is 0. The Kier molecular flexibility index (Phi) is 3.94. The molecule has 0 N–H and O–H groups in total. The van der Waals surface area contributed by atoms with Gasteiger partial charge in [0.15, 0.2) is 17.3 Å². The highest BCUT2D eigenvalue weighted by Crippen LogP contribution is 2.20. The molecule has 0 bridgehead atoms. The van der Waals surface area contributed by atoms with E-state index < -0.39 is 0 Å². The maximum atomic E-state index is 11.5. The predicted molar refractivity (Wildman–Crippen MR) is 65.8 cm³/mol. The van der Waals surface area contributed by atoms with Crippen LogP contribution in [0, 0.1) is 0 Å². The van der Waals surface area contributed by atoms with Crippen LogP contribution in [0.2, 0.25) is 0 Å². The van der Waals surface area contributed by atoms with E-state index >= 15 is 0 Å². The lowest BCUT2D eigenvalue weighted by molar-refractivity contribution is 0.0979. The Morgan fingerprint density at radius 1 is 0.824 bits per heavy atom. The van der Waals surface area contributed by atoms with Gasteiger partial charge in [0.2, 0.25) is 0 Å². The lowest BCUT2D eigenvalue weighted by atomic mass is 9.92. The summed E-state index contributed by atoms with van der Waals surface area (Å²) in [5.41, 5.74) is 2.08. The monoisotopic (exact) mass is 232 g/mol. The Labute approximate surface area is 101 Å². The SMILES string of the molecule is CCc1cc(C(C)=O)c(C(C)=O)cc1C(C)=O. The molecule has 0 spiro atoms. The molecule has 0 aliphatic rings. The van der Waals surface area contributed by atoms with Gasteiger partial charge >= 0.3 is 0 Å². The molecule has 0 radical (unpaired) electrons. The number of carbonyl (C=O) groups is 3. The van der Waals surface area contributed by atoms with Crippen molar-refractivity contribution in [1.82, 2.24) is 0 Å². The van der Waals surface area contributed by atoms with Gasteiger partial charge in [0.05, 0.1) is 0 Å². The van der Waals surface area contributed by atoms with Gasteiger partial charge in [0.25, 0.3) is 0 Å². The van der Waals surface area contributed by atoms with Gasteiger partial charge in [0.1, 0.15) is 0 Å². The van der Waals surface area contributed by atoms with Gasteiger partial charge in [-0.15, -0.1) is 0 Å². The molecule has 0 heterocycles. The van der Waals surface area contributed by atoms with Crippen molar-refractivity contribution in [3.05, 3.63) is 34.4 Å². The molecular weight excluding hydrogens is 216 g/mol. The van der Waals surface area contributed by atoms with Crippen LogP contribution >= 0.6 is 0 Å². The number of hydrogen-bond acceptors (Lipinski definition) is 3. The van der Waals surface area contributed by atoms with Crippen molar-refractivity contribution < 1.29 is 14.4 Å². The fraction of sp³-hybridized carbons (Fsp3) is 0.357. The summed E-state index contributed by atoms with van der Waals surface area (Å²) in [6, 6.07) is 3.20. The number of hydrogen-bond donors (Lipinski definition) is 0. The molecule has 0 amide bonds. The first-order valence-electron chi connectivity index (χ1n) is 5.58. The highest BCUT2D eigenvalue weighted by atomic mass is 16.1. The molecule has 3 heteroatoms. The van der Waals surface area contributed by atoms with Crippen LogP contribution in [-0.4, -0.2) is 17.3 Å². The van der Waals surface area contributed by atoms with Crippen LogP contribution in [0.1, 0.15) is 64.3 Å². The van der Waals surface area contributed by atoms with E-state index in [1.807, 2.05) is 6.92 Å². The highest BCUT2D eigenvalue weighted by molar-refractivity contribution is 6.09. The van der Waals surface area contributed by atoms with Crippen LogP contribution in [-0.2, 0) is 6.42 Å². The molecule has 0 aliphatic carbocycles. The third kappa shape index (κ3) is 2.67. The number of benzene rings is 1. The van der Waals surface area contributed by atoms with Crippen molar-refractivity contribution in [2.45, 2.75) is 34.1 Å². The van der Waals surface area contributed by atoms with E-state index in [9.17, 15) is 14.4 Å². The Balaban J connectivity index is 3.59. The number of aryl methyl sites for hydroxylation is 1.